The van der Waals surface area contributed by atoms with Crippen LogP contribution < -0.4 is 10.5 Å². The smallest absolute Gasteiger partial charge is 0.119 e. The van der Waals surface area contributed by atoms with Crippen molar-refractivity contribution in [3.8, 4) is 5.75 Å². The number of ether oxygens (including phenoxy) is 1. The summed E-state index contributed by atoms with van der Waals surface area (Å²) >= 11 is 0. The van der Waals surface area contributed by atoms with Crippen molar-refractivity contribution in [1.82, 2.24) is 0 Å². The van der Waals surface area contributed by atoms with E-state index in [9.17, 15) is 0 Å². The molecule has 0 aliphatic heterocycles. The van der Waals surface area contributed by atoms with Crippen LogP contribution >= 0.6 is 0 Å². The van der Waals surface area contributed by atoms with Crippen molar-refractivity contribution in [2.75, 3.05) is 13.2 Å². The second-order valence-corrected chi connectivity index (χ2v) is 3.22. The van der Waals surface area contributed by atoms with Crippen LogP contribution in [0.5, 0.6) is 5.75 Å². The van der Waals surface area contributed by atoms with Crippen LogP contribution in [0.4, 0.5) is 0 Å². The number of nitrogens with two attached hydrogens (primary N) is 1. The average Bonchev–Trinajstić information content (AvgIpc) is 2.17. The topological polar surface area (TPSA) is 35.2 Å². The molecular weight excluding hydrogens is 174 g/mol. The fourth-order valence-corrected chi connectivity index (χ4v) is 1.40. The second-order valence-electron chi connectivity index (χ2n) is 3.22. The maximum absolute atomic E-state index is 5.54. The van der Waals surface area contributed by atoms with E-state index in [4.69, 9.17) is 10.5 Å². The third-order valence-corrected chi connectivity index (χ3v) is 2.14. The predicted octanol–water partition coefficient (Wildman–Crippen LogP) is 2.37. The standard InChI is InChI=1S/C12H17NO/c1-4-14-11-5-6-12(9(2)7-11)10(3)8-13/h5-7H,3-4,8,13H2,1-2H3. The summed E-state index contributed by atoms with van der Waals surface area (Å²) in [5.74, 6) is 0.901. The minimum absolute atomic E-state index is 0.495. The van der Waals surface area contributed by atoms with E-state index in [2.05, 4.69) is 6.58 Å². The highest BCUT2D eigenvalue weighted by molar-refractivity contribution is 5.68. The van der Waals surface area contributed by atoms with E-state index in [0.29, 0.717) is 13.2 Å². The molecule has 0 aliphatic carbocycles. The van der Waals surface area contributed by atoms with Crippen LogP contribution in [0.15, 0.2) is 24.8 Å². The number of rotatable bonds is 4. The van der Waals surface area contributed by atoms with Gasteiger partial charge in [0, 0.05) is 6.54 Å². The van der Waals surface area contributed by atoms with Gasteiger partial charge in [-0.1, -0.05) is 12.6 Å². The lowest BCUT2D eigenvalue weighted by atomic mass is 10.0. The Bertz CT molecular complexity index is 331. The third kappa shape index (κ3) is 2.36. The summed E-state index contributed by atoms with van der Waals surface area (Å²) in [5.41, 5.74) is 8.78. The Morgan fingerprint density at radius 2 is 2.21 bits per heavy atom. The van der Waals surface area contributed by atoms with E-state index >= 15 is 0 Å². The summed E-state index contributed by atoms with van der Waals surface area (Å²) in [4.78, 5) is 0. The fraction of sp³-hybridized carbons (Fsp3) is 0.333. The van der Waals surface area contributed by atoms with Crippen molar-refractivity contribution < 1.29 is 4.74 Å². The molecule has 1 aromatic carbocycles. The average molecular weight is 191 g/mol. The van der Waals surface area contributed by atoms with Crippen LogP contribution in [0.1, 0.15) is 18.1 Å². The van der Waals surface area contributed by atoms with Gasteiger partial charge in [-0.3, -0.25) is 0 Å². The molecule has 0 spiro atoms. The zero-order valence-electron chi connectivity index (χ0n) is 8.84. The molecule has 0 aromatic heterocycles. The highest BCUT2D eigenvalue weighted by Crippen LogP contribution is 2.21. The van der Waals surface area contributed by atoms with Gasteiger partial charge in [0.05, 0.1) is 6.61 Å². The Morgan fingerprint density at radius 1 is 1.50 bits per heavy atom. The van der Waals surface area contributed by atoms with Gasteiger partial charge in [0.15, 0.2) is 0 Å². The molecule has 0 fully saturated rings. The maximum Gasteiger partial charge on any atom is 0.119 e. The Morgan fingerprint density at radius 3 is 2.71 bits per heavy atom. The SMILES string of the molecule is C=C(CN)c1ccc(OCC)cc1C. The molecule has 2 nitrogen and oxygen atoms in total. The number of benzene rings is 1. The normalized spacial score (nSPS) is 9.93. The molecule has 1 rings (SSSR count). The first-order valence-corrected chi connectivity index (χ1v) is 4.80. The molecule has 0 amide bonds. The van der Waals surface area contributed by atoms with E-state index in [1.54, 1.807) is 0 Å². The molecule has 0 unspecified atom stereocenters. The van der Waals surface area contributed by atoms with Crippen LogP contribution in [0, 0.1) is 6.92 Å². The molecule has 2 N–H and O–H groups in total. The van der Waals surface area contributed by atoms with Gasteiger partial charge in [-0.25, -0.2) is 0 Å². The summed E-state index contributed by atoms with van der Waals surface area (Å²) in [6, 6.07) is 5.97. The molecule has 14 heavy (non-hydrogen) atoms. The molecule has 2 heteroatoms. The van der Waals surface area contributed by atoms with Crippen molar-refractivity contribution in [3.63, 3.8) is 0 Å². The lowest BCUT2D eigenvalue weighted by Crippen LogP contribution is -2.02. The highest BCUT2D eigenvalue weighted by atomic mass is 16.5. The minimum Gasteiger partial charge on any atom is -0.494 e. The third-order valence-electron chi connectivity index (χ3n) is 2.14. The van der Waals surface area contributed by atoms with Gasteiger partial charge in [-0.05, 0) is 42.7 Å². The zero-order chi connectivity index (χ0) is 10.6. The lowest BCUT2D eigenvalue weighted by molar-refractivity contribution is 0.340. The molecule has 0 saturated carbocycles. The van der Waals surface area contributed by atoms with E-state index in [0.717, 1.165) is 22.4 Å². The lowest BCUT2D eigenvalue weighted by Gasteiger charge is -2.09. The van der Waals surface area contributed by atoms with E-state index < -0.39 is 0 Å². The molecule has 0 saturated heterocycles. The zero-order valence-corrected chi connectivity index (χ0v) is 8.84. The van der Waals surface area contributed by atoms with E-state index in [1.165, 1.54) is 0 Å². The summed E-state index contributed by atoms with van der Waals surface area (Å²) < 4.78 is 5.39. The van der Waals surface area contributed by atoms with Gasteiger partial charge in [-0.15, -0.1) is 0 Å². The van der Waals surface area contributed by atoms with E-state index in [1.807, 2.05) is 32.0 Å². The van der Waals surface area contributed by atoms with Crippen molar-refractivity contribution in [2.24, 2.45) is 5.73 Å². The van der Waals surface area contributed by atoms with Crippen LogP contribution in [0.2, 0.25) is 0 Å². The number of hydrogen-bond acceptors (Lipinski definition) is 2. The predicted molar refractivity (Wildman–Crippen MR) is 60.4 cm³/mol. The van der Waals surface area contributed by atoms with Crippen LogP contribution in [0.25, 0.3) is 5.57 Å². The van der Waals surface area contributed by atoms with Gasteiger partial charge in [-0.2, -0.15) is 0 Å². The molecule has 76 valence electrons. The number of aryl methyl sites for hydroxylation is 1. The Hall–Kier alpha value is -1.28. The van der Waals surface area contributed by atoms with Crippen molar-refractivity contribution >= 4 is 5.57 Å². The minimum atomic E-state index is 0.495. The van der Waals surface area contributed by atoms with Crippen LogP contribution in [-0.4, -0.2) is 13.2 Å². The van der Waals surface area contributed by atoms with Gasteiger partial charge < -0.3 is 10.5 Å². The summed E-state index contributed by atoms with van der Waals surface area (Å²) in [5, 5.41) is 0. The molecule has 0 bridgehead atoms. The van der Waals surface area contributed by atoms with Gasteiger partial charge >= 0.3 is 0 Å². The van der Waals surface area contributed by atoms with E-state index in [-0.39, 0.29) is 0 Å². The Labute approximate surface area is 85.4 Å². The number of hydrogen-bond donors (Lipinski definition) is 1. The Balaban J connectivity index is 2.95. The summed E-state index contributed by atoms with van der Waals surface area (Å²) in [6.07, 6.45) is 0. The first-order valence-electron chi connectivity index (χ1n) is 4.80. The second kappa shape index (κ2) is 4.82. The maximum atomic E-state index is 5.54. The molecule has 0 heterocycles. The summed E-state index contributed by atoms with van der Waals surface area (Å²) in [7, 11) is 0. The largest absolute Gasteiger partial charge is 0.494 e. The monoisotopic (exact) mass is 191 g/mol. The fourth-order valence-electron chi connectivity index (χ4n) is 1.40. The van der Waals surface area contributed by atoms with Crippen molar-refractivity contribution in [2.45, 2.75) is 13.8 Å². The quantitative estimate of drug-likeness (QED) is 0.793. The molecular formula is C12H17NO. The first-order chi connectivity index (χ1) is 6.69. The van der Waals surface area contributed by atoms with Crippen LogP contribution in [-0.2, 0) is 0 Å². The molecule has 0 aliphatic rings. The molecule has 0 radical (unpaired) electrons. The van der Waals surface area contributed by atoms with Gasteiger partial charge in [0.2, 0.25) is 0 Å². The Kier molecular flexibility index (Phi) is 3.72. The van der Waals surface area contributed by atoms with Gasteiger partial charge in [0.1, 0.15) is 5.75 Å². The highest BCUT2D eigenvalue weighted by Gasteiger charge is 2.02. The van der Waals surface area contributed by atoms with Crippen LogP contribution in [0.3, 0.4) is 0 Å². The summed E-state index contributed by atoms with van der Waals surface area (Å²) in [6.45, 7) is 9.11. The van der Waals surface area contributed by atoms with Crippen molar-refractivity contribution in [1.29, 1.82) is 0 Å². The molecule has 0 atom stereocenters. The first kappa shape index (κ1) is 10.8. The molecule has 1 aromatic rings. The van der Waals surface area contributed by atoms with Crippen molar-refractivity contribution in [3.05, 3.63) is 35.9 Å². The van der Waals surface area contributed by atoms with Gasteiger partial charge in [0.25, 0.3) is 0 Å².